The number of methoxy groups -OCH3 is 1. The Labute approximate surface area is 211 Å². The van der Waals surface area contributed by atoms with E-state index in [1.807, 2.05) is 68.4 Å². The zero-order valence-electron chi connectivity index (χ0n) is 21.0. The summed E-state index contributed by atoms with van der Waals surface area (Å²) in [5, 5.41) is 2.93. The second-order valence-corrected chi connectivity index (χ2v) is 9.70. The Morgan fingerprint density at radius 3 is 2.58 bits per heavy atom. The zero-order valence-corrected chi connectivity index (χ0v) is 21.0. The third kappa shape index (κ3) is 3.98. The molecule has 2 aromatic carbocycles. The van der Waals surface area contributed by atoms with Crippen LogP contribution in [0.2, 0.25) is 0 Å². The van der Waals surface area contributed by atoms with Crippen molar-refractivity contribution in [2.75, 3.05) is 13.7 Å². The van der Waals surface area contributed by atoms with E-state index in [0.29, 0.717) is 12.0 Å². The minimum absolute atomic E-state index is 0.233. The largest absolute Gasteiger partial charge is 0.497 e. The molecule has 1 unspecified atom stereocenters. The molecule has 186 valence electrons. The molecular weight excluding hydrogens is 454 g/mol. The summed E-state index contributed by atoms with van der Waals surface area (Å²) < 4.78 is 7.34. The Balaban J connectivity index is 1.32. The minimum atomic E-state index is -1.07. The molecule has 1 fully saturated rings. The van der Waals surface area contributed by atoms with Crippen molar-refractivity contribution < 1.29 is 19.1 Å². The summed E-state index contributed by atoms with van der Waals surface area (Å²) in [6.45, 7) is 4.34. The SMILES string of the molecule is COc1ccc(CCn2c(C)cc(C(=O)CN3C(=O)NC4(CCCc5ccccc54)C3=O)c2C)cc1. The van der Waals surface area contributed by atoms with Gasteiger partial charge in [0, 0.05) is 23.5 Å². The highest BCUT2D eigenvalue weighted by molar-refractivity contribution is 6.11. The summed E-state index contributed by atoms with van der Waals surface area (Å²) >= 11 is 0. The quantitative estimate of drug-likeness (QED) is 0.399. The number of aromatic nitrogens is 1. The third-order valence-corrected chi connectivity index (χ3v) is 7.61. The predicted molar refractivity (Wildman–Crippen MR) is 136 cm³/mol. The lowest BCUT2D eigenvalue weighted by molar-refractivity contribution is -0.131. The van der Waals surface area contributed by atoms with E-state index >= 15 is 0 Å². The summed E-state index contributed by atoms with van der Waals surface area (Å²) in [7, 11) is 1.65. The molecule has 1 aliphatic carbocycles. The van der Waals surface area contributed by atoms with Crippen LogP contribution in [0.1, 0.15) is 51.3 Å². The van der Waals surface area contributed by atoms with Crippen LogP contribution < -0.4 is 10.1 Å². The van der Waals surface area contributed by atoms with Crippen molar-refractivity contribution in [3.8, 4) is 5.75 Å². The van der Waals surface area contributed by atoms with Gasteiger partial charge in [-0.15, -0.1) is 0 Å². The summed E-state index contributed by atoms with van der Waals surface area (Å²) in [5.74, 6) is 0.253. The number of ketones is 1. The molecule has 2 aliphatic rings. The number of aryl methyl sites for hydroxylation is 3. The molecule has 3 amide bonds. The van der Waals surface area contributed by atoms with Crippen LogP contribution in [0.3, 0.4) is 0 Å². The van der Waals surface area contributed by atoms with Crippen LogP contribution >= 0.6 is 0 Å². The molecule has 0 saturated carbocycles. The van der Waals surface area contributed by atoms with Gasteiger partial charge in [-0.3, -0.25) is 14.5 Å². The Morgan fingerprint density at radius 2 is 1.83 bits per heavy atom. The van der Waals surface area contributed by atoms with Crippen LogP contribution in [-0.4, -0.2) is 40.8 Å². The molecule has 1 atom stereocenters. The molecule has 1 aromatic heterocycles. The van der Waals surface area contributed by atoms with Gasteiger partial charge in [0.05, 0.1) is 13.7 Å². The maximum atomic E-state index is 13.6. The van der Waals surface area contributed by atoms with Crippen molar-refractivity contribution in [2.45, 2.75) is 51.6 Å². The lowest BCUT2D eigenvalue weighted by atomic mass is 9.76. The average molecular weight is 486 g/mol. The Kier molecular flexibility index (Phi) is 6.16. The van der Waals surface area contributed by atoms with Crippen molar-refractivity contribution in [3.63, 3.8) is 0 Å². The number of Topliss-reactive ketones (excluding diaryl/α,β-unsaturated/α-hetero) is 1. The van der Waals surface area contributed by atoms with Crippen molar-refractivity contribution in [2.24, 2.45) is 0 Å². The smallest absolute Gasteiger partial charge is 0.325 e. The first-order valence-corrected chi connectivity index (χ1v) is 12.4. The number of imide groups is 1. The maximum Gasteiger partial charge on any atom is 0.325 e. The van der Waals surface area contributed by atoms with Gasteiger partial charge in [-0.05, 0) is 74.4 Å². The van der Waals surface area contributed by atoms with Crippen LogP contribution in [-0.2, 0) is 29.7 Å². The lowest BCUT2D eigenvalue weighted by Crippen LogP contribution is -2.46. The molecule has 1 saturated heterocycles. The number of rotatable bonds is 7. The van der Waals surface area contributed by atoms with E-state index in [-0.39, 0.29) is 18.2 Å². The van der Waals surface area contributed by atoms with Crippen LogP contribution in [0.5, 0.6) is 5.75 Å². The fourth-order valence-corrected chi connectivity index (χ4v) is 5.64. The van der Waals surface area contributed by atoms with Crippen molar-refractivity contribution in [1.29, 1.82) is 0 Å². The molecule has 2 heterocycles. The molecule has 0 radical (unpaired) electrons. The Hall–Kier alpha value is -3.87. The number of hydrogen-bond donors (Lipinski definition) is 1. The third-order valence-electron chi connectivity index (χ3n) is 7.61. The highest BCUT2D eigenvalue weighted by Gasteiger charge is 2.54. The Morgan fingerprint density at radius 1 is 1.08 bits per heavy atom. The number of amides is 3. The van der Waals surface area contributed by atoms with Gasteiger partial charge in [-0.25, -0.2) is 4.79 Å². The van der Waals surface area contributed by atoms with Gasteiger partial charge in [-0.1, -0.05) is 36.4 Å². The normalized spacial score (nSPS) is 18.9. The molecule has 3 aromatic rings. The van der Waals surface area contributed by atoms with E-state index in [0.717, 1.165) is 59.0 Å². The molecule has 7 nitrogen and oxygen atoms in total. The molecular formula is C29H31N3O4. The second-order valence-electron chi connectivity index (χ2n) is 9.70. The highest BCUT2D eigenvalue weighted by atomic mass is 16.5. The molecule has 1 N–H and O–H groups in total. The van der Waals surface area contributed by atoms with E-state index in [9.17, 15) is 14.4 Å². The first-order valence-electron chi connectivity index (χ1n) is 12.4. The number of carbonyl (C=O) groups excluding carboxylic acids is 3. The lowest BCUT2D eigenvalue weighted by Gasteiger charge is -2.33. The van der Waals surface area contributed by atoms with E-state index < -0.39 is 11.6 Å². The summed E-state index contributed by atoms with van der Waals surface area (Å²) in [6, 6.07) is 17.1. The number of urea groups is 1. The Bertz CT molecular complexity index is 1340. The van der Waals surface area contributed by atoms with Gasteiger partial charge in [0.2, 0.25) is 0 Å². The van der Waals surface area contributed by atoms with Crippen molar-refractivity contribution in [3.05, 3.63) is 88.2 Å². The van der Waals surface area contributed by atoms with Crippen LogP contribution in [0.15, 0.2) is 54.6 Å². The maximum absolute atomic E-state index is 13.6. The molecule has 36 heavy (non-hydrogen) atoms. The van der Waals surface area contributed by atoms with Crippen molar-refractivity contribution >= 4 is 17.7 Å². The minimum Gasteiger partial charge on any atom is -0.497 e. The fraction of sp³-hybridized carbons (Fsp3) is 0.345. The van der Waals surface area contributed by atoms with Gasteiger partial charge in [0.15, 0.2) is 5.78 Å². The van der Waals surface area contributed by atoms with Crippen LogP contribution in [0.25, 0.3) is 0 Å². The van der Waals surface area contributed by atoms with E-state index in [1.165, 1.54) is 5.56 Å². The zero-order chi connectivity index (χ0) is 25.4. The van der Waals surface area contributed by atoms with E-state index in [2.05, 4.69) is 9.88 Å². The molecule has 0 bridgehead atoms. The highest BCUT2D eigenvalue weighted by Crippen LogP contribution is 2.40. The van der Waals surface area contributed by atoms with E-state index in [1.54, 1.807) is 7.11 Å². The first-order chi connectivity index (χ1) is 17.3. The number of carbonyl (C=O) groups is 3. The van der Waals surface area contributed by atoms with Gasteiger partial charge < -0.3 is 14.6 Å². The fourth-order valence-electron chi connectivity index (χ4n) is 5.64. The molecule has 1 aliphatic heterocycles. The van der Waals surface area contributed by atoms with Crippen LogP contribution in [0, 0.1) is 13.8 Å². The number of fused-ring (bicyclic) bond motifs is 2. The first kappa shape index (κ1) is 23.9. The van der Waals surface area contributed by atoms with Crippen LogP contribution in [0.4, 0.5) is 4.79 Å². The number of hydrogen-bond acceptors (Lipinski definition) is 4. The standard InChI is InChI=1S/C29H31N3O4/c1-19-17-24(20(2)31(19)16-14-21-10-12-23(36-3)13-11-21)26(33)18-32-27(34)29(30-28(32)35)15-6-8-22-7-4-5-9-25(22)29/h4-5,7,9-13,17H,6,8,14-16,18H2,1-3H3,(H,30,35). The van der Waals surface area contributed by atoms with Gasteiger partial charge >= 0.3 is 6.03 Å². The number of nitrogens with one attached hydrogen (secondary N) is 1. The van der Waals surface area contributed by atoms with Crippen molar-refractivity contribution in [1.82, 2.24) is 14.8 Å². The average Bonchev–Trinajstić information content (AvgIpc) is 3.30. The van der Waals surface area contributed by atoms with E-state index in [4.69, 9.17) is 4.74 Å². The number of ether oxygens (including phenoxy) is 1. The summed E-state index contributed by atoms with van der Waals surface area (Å²) in [4.78, 5) is 40.9. The predicted octanol–water partition coefficient (Wildman–Crippen LogP) is 4.32. The van der Waals surface area contributed by atoms with Gasteiger partial charge in [0.1, 0.15) is 11.3 Å². The number of nitrogens with zero attached hydrogens (tertiary/aromatic N) is 2. The second kappa shape index (κ2) is 9.30. The monoisotopic (exact) mass is 485 g/mol. The molecule has 7 heteroatoms. The summed E-state index contributed by atoms with van der Waals surface area (Å²) in [6.07, 6.45) is 3.03. The van der Waals surface area contributed by atoms with Gasteiger partial charge in [-0.2, -0.15) is 0 Å². The summed E-state index contributed by atoms with van der Waals surface area (Å²) in [5.41, 5.74) is 4.39. The topological polar surface area (TPSA) is 80.6 Å². The molecule has 1 spiro atoms. The molecule has 5 rings (SSSR count). The number of benzene rings is 2. The van der Waals surface area contributed by atoms with Gasteiger partial charge in [0.25, 0.3) is 5.91 Å².